The van der Waals surface area contributed by atoms with Crippen molar-refractivity contribution in [3.63, 3.8) is 0 Å². The second kappa shape index (κ2) is 7.69. The van der Waals surface area contributed by atoms with Crippen LogP contribution < -0.4 is 4.74 Å². The number of carbonyl (C=O) groups is 1. The lowest BCUT2D eigenvalue weighted by molar-refractivity contribution is 0.0732. The summed E-state index contributed by atoms with van der Waals surface area (Å²) in [5.41, 5.74) is 0.456. The molecular formula is C17H17F2NO3. The van der Waals surface area contributed by atoms with Gasteiger partial charge in [-0.3, -0.25) is 4.79 Å². The lowest BCUT2D eigenvalue weighted by Crippen LogP contribution is -2.33. The number of hydrogen-bond donors (Lipinski definition) is 1. The smallest absolute Gasteiger partial charge is 0.253 e. The zero-order valence-corrected chi connectivity index (χ0v) is 12.6. The fourth-order valence-corrected chi connectivity index (χ4v) is 2.05. The summed E-state index contributed by atoms with van der Waals surface area (Å²) < 4.78 is 31.4. The van der Waals surface area contributed by atoms with Gasteiger partial charge in [-0.1, -0.05) is 0 Å². The van der Waals surface area contributed by atoms with Gasteiger partial charge in [0.2, 0.25) is 0 Å². The molecule has 4 nitrogen and oxygen atoms in total. The van der Waals surface area contributed by atoms with Crippen LogP contribution in [0.1, 0.15) is 17.3 Å². The van der Waals surface area contributed by atoms with E-state index in [1.54, 1.807) is 24.3 Å². The molecule has 0 fully saturated rings. The first-order valence-corrected chi connectivity index (χ1v) is 7.18. The number of likely N-dealkylation sites (N-methyl/N-ethyl adjacent to an activating group) is 1. The molecule has 1 N–H and O–H groups in total. The molecule has 0 saturated heterocycles. The van der Waals surface area contributed by atoms with Crippen LogP contribution in [0.25, 0.3) is 0 Å². The van der Waals surface area contributed by atoms with E-state index in [9.17, 15) is 13.6 Å². The summed E-state index contributed by atoms with van der Waals surface area (Å²) in [6, 6.07) is 9.56. The Morgan fingerprint density at radius 1 is 1.09 bits per heavy atom. The molecule has 6 heteroatoms. The zero-order valence-electron chi connectivity index (χ0n) is 12.6. The van der Waals surface area contributed by atoms with Crippen molar-refractivity contribution in [1.29, 1.82) is 0 Å². The molecule has 0 radical (unpaired) electrons. The third-order valence-electron chi connectivity index (χ3n) is 3.27. The van der Waals surface area contributed by atoms with Gasteiger partial charge >= 0.3 is 0 Å². The first-order valence-electron chi connectivity index (χ1n) is 7.18. The Labute approximate surface area is 132 Å². The van der Waals surface area contributed by atoms with E-state index >= 15 is 0 Å². The molecule has 0 unspecified atom stereocenters. The average Bonchev–Trinajstić information content (AvgIpc) is 2.56. The maximum atomic E-state index is 13.1. The van der Waals surface area contributed by atoms with Crippen LogP contribution >= 0.6 is 0 Å². The summed E-state index contributed by atoms with van der Waals surface area (Å²) in [5.74, 6) is -1.56. The molecule has 1 amide bonds. The van der Waals surface area contributed by atoms with E-state index < -0.39 is 11.6 Å². The topological polar surface area (TPSA) is 49.8 Å². The van der Waals surface area contributed by atoms with E-state index in [4.69, 9.17) is 9.84 Å². The Balaban J connectivity index is 2.09. The number of nitrogens with zero attached hydrogens (tertiary/aromatic N) is 1. The molecule has 0 aliphatic rings. The van der Waals surface area contributed by atoms with Crippen LogP contribution in [0.15, 0.2) is 42.5 Å². The zero-order chi connectivity index (χ0) is 16.8. The third kappa shape index (κ3) is 4.26. The molecule has 2 rings (SSSR count). The number of aliphatic hydroxyl groups excluding tert-OH is 1. The van der Waals surface area contributed by atoms with Gasteiger partial charge in [-0.2, -0.15) is 0 Å². The highest BCUT2D eigenvalue weighted by Gasteiger charge is 2.13. The lowest BCUT2D eigenvalue weighted by atomic mass is 10.2. The van der Waals surface area contributed by atoms with Crippen molar-refractivity contribution < 1.29 is 23.4 Å². The molecule has 0 bridgehead atoms. The van der Waals surface area contributed by atoms with Gasteiger partial charge in [0.15, 0.2) is 11.6 Å². The fraction of sp³-hybridized carbons (Fsp3) is 0.235. The average molecular weight is 321 g/mol. The summed E-state index contributed by atoms with van der Waals surface area (Å²) in [6.07, 6.45) is 0. The Bertz CT molecular complexity index is 674. The van der Waals surface area contributed by atoms with E-state index in [2.05, 4.69) is 0 Å². The van der Waals surface area contributed by atoms with Crippen LogP contribution in [0.5, 0.6) is 11.5 Å². The molecule has 0 aliphatic heterocycles. The van der Waals surface area contributed by atoms with Gasteiger partial charge in [0, 0.05) is 24.7 Å². The minimum atomic E-state index is -0.989. The predicted molar refractivity (Wildman–Crippen MR) is 81.5 cm³/mol. The Kier molecular flexibility index (Phi) is 5.65. The van der Waals surface area contributed by atoms with Gasteiger partial charge in [-0.05, 0) is 43.3 Å². The van der Waals surface area contributed by atoms with Crippen molar-refractivity contribution in [1.82, 2.24) is 4.90 Å². The van der Waals surface area contributed by atoms with Crippen LogP contribution in [0, 0.1) is 11.6 Å². The summed E-state index contributed by atoms with van der Waals surface area (Å²) >= 11 is 0. The van der Waals surface area contributed by atoms with Crippen molar-refractivity contribution in [2.75, 3.05) is 19.7 Å². The molecule has 0 saturated carbocycles. The summed E-state index contributed by atoms with van der Waals surface area (Å²) in [6.45, 7) is 2.49. The molecule has 2 aromatic rings. The standard InChI is InChI=1S/C17H17F2NO3/c1-2-20(9-10-21)17(22)12-3-5-13(6-4-12)23-14-7-8-15(18)16(19)11-14/h3-8,11,21H,2,9-10H2,1H3. The third-order valence-corrected chi connectivity index (χ3v) is 3.27. The van der Waals surface area contributed by atoms with Gasteiger partial charge in [0.25, 0.3) is 5.91 Å². The minimum absolute atomic E-state index is 0.100. The minimum Gasteiger partial charge on any atom is -0.457 e. The highest BCUT2D eigenvalue weighted by molar-refractivity contribution is 5.94. The maximum absolute atomic E-state index is 13.1. The number of halogens is 2. The number of hydrogen-bond acceptors (Lipinski definition) is 3. The van der Waals surface area contributed by atoms with E-state index in [1.807, 2.05) is 6.92 Å². The maximum Gasteiger partial charge on any atom is 0.253 e. The monoisotopic (exact) mass is 321 g/mol. The molecule has 23 heavy (non-hydrogen) atoms. The first kappa shape index (κ1) is 16.9. The number of amides is 1. The van der Waals surface area contributed by atoms with E-state index in [-0.39, 0.29) is 24.8 Å². The van der Waals surface area contributed by atoms with Crippen LogP contribution in [-0.4, -0.2) is 35.6 Å². The number of carbonyl (C=O) groups excluding carboxylic acids is 1. The van der Waals surface area contributed by atoms with Gasteiger partial charge in [-0.25, -0.2) is 8.78 Å². The normalized spacial score (nSPS) is 10.4. The molecule has 122 valence electrons. The number of rotatable bonds is 6. The van der Waals surface area contributed by atoms with Gasteiger partial charge in [0.05, 0.1) is 6.61 Å². The lowest BCUT2D eigenvalue weighted by Gasteiger charge is -2.19. The van der Waals surface area contributed by atoms with Crippen LogP contribution in [0.2, 0.25) is 0 Å². The van der Waals surface area contributed by atoms with Crippen LogP contribution in [0.4, 0.5) is 8.78 Å². The van der Waals surface area contributed by atoms with Crippen molar-refractivity contribution >= 4 is 5.91 Å². The molecule has 0 heterocycles. The second-order valence-electron chi connectivity index (χ2n) is 4.81. The van der Waals surface area contributed by atoms with Gasteiger partial charge < -0.3 is 14.7 Å². The summed E-state index contributed by atoms with van der Waals surface area (Å²) in [4.78, 5) is 13.7. The van der Waals surface area contributed by atoms with Crippen molar-refractivity contribution in [3.8, 4) is 11.5 Å². The van der Waals surface area contributed by atoms with E-state index in [0.717, 1.165) is 12.1 Å². The number of ether oxygens (including phenoxy) is 1. The molecule has 0 aliphatic carbocycles. The highest BCUT2D eigenvalue weighted by Crippen LogP contribution is 2.23. The largest absolute Gasteiger partial charge is 0.457 e. The molecule has 0 atom stereocenters. The Hall–Kier alpha value is -2.47. The number of aliphatic hydroxyl groups is 1. The second-order valence-corrected chi connectivity index (χ2v) is 4.81. The summed E-state index contributed by atoms with van der Waals surface area (Å²) in [5, 5.41) is 8.94. The first-order chi connectivity index (χ1) is 11.0. The van der Waals surface area contributed by atoms with Crippen molar-refractivity contribution in [2.24, 2.45) is 0 Å². The highest BCUT2D eigenvalue weighted by atomic mass is 19.2. The number of benzene rings is 2. The van der Waals surface area contributed by atoms with E-state index in [1.165, 1.54) is 11.0 Å². The molecule has 0 spiro atoms. The molecular weight excluding hydrogens is 304 g/mol. The van der Waals surface area contributed by atoms with Gasteiger partial charge in [0.1, 0.15) is 11.5 Å². The van der Waals surface area contributed by atoms with Crippen LogP contribution in [0.3, 0.4) is 0 Å². The van der Waals surface area contributed by atoms with Gasteiger partial charge in [-0.15, -0.1) is 0 Å². The SMILES string of the molecule is CCN(CCO)C(=O)c1ccc(Oc2ccc(F)c(F)c2)cc1. The quantitative estimate of drug-likeness (QED) is 0.889. The Morgan fingerprint density at radius 2 is 1.74 bits per heavy atom. The van der Waals surface area contributed by atoms with E-state index in [0.29, 0.717) is 17.9 Å². The molecule has 2 aromatic carbocycles. The fourth-order valence-electron chi connectivity index (χ4n) is 2.05. The van der Waals surface area contributed by atoms with Crippen molar-refractivity contribution in [3.05, 3.63) is 59.7 Å². The van der Waals surface area contributed by atoms with Crippen LogP contribution in [-0.2, 0) is 0 Å². The summed E-state index contributed by atoms with van der Waals surface area (Å²) in [7, 11) is 0. The van der Waals surface area contributed by atoms with Crippen molar-refractivity contribution in [2.45, 2.75) is 6.92 Å². The molecule has 0 aromatic heterocycles. The predicted octanol–water partition coefficient (Wildman–Crippen LogP) is 3.21. The Morgan fingerprint density at radius 3 is 2.30 bits per heavy atom.